The first kappa shape index (κ1) is 21.0. The second kappa shape index (κ2) is 9.04. The van der Waals surface area contributed by atoms with Gasteiger partial charge in [0.15, 0.2) is 11.5 Å². The maximum absolute atomic E-state index is 12.7. The van der Waals surface area contributed by atoms with Crippen LogP contribution in [-0.2, 0) is 6.18 Å². The summed E-state index contributed by atoms with van der Waals surface area (Å²) >= 11 is 0. The molecule has 0 radical (unpaired) electrons. The van der Waals surface area contributed by atoms with Crippen molar-refractivity contribution in [3.8, 4) is 29.1 Å². The van der Waals surface area contributed by atoms with Gasteiger partial charge in [0.2, 0.25) is 0 Å². The average Bonchev–Trinajstić information content (AvgIpc) is 2.69. The molecule has 0 heterocycles. The summed E-state index contributed by atoms with van der Waals surface area (Å²) < 4.78 is 53.6. The van der Waals surface area contributed by atoms with Gasteiger partial charge in [-0.2, -0.15) is 13.2 Å². The van der Waals surface area contributed by atoms with E-state index in [0.29, 0.717) is 11.5 Å². The monoisotopic (exact) mass is 393 g/mol. The first-order valence-electron chi connectivity index (χ1n) is 8.04. The van der Waals surface area contributed by atoms with E-state index in [4.69, 9.17) is 14.2 Å². The Morgan fingerprint density at radius 1 is 1.00 bits per heavy atom. The van der Waals surface area contributed by atoms with Crippen LogP contribution in [0.15, 0.2) is 36.4 Å². The van der Waals surface area contributed by atoms with E-state index in [1.54, 1.807) is 0 Å². The van der Waals surface area contributed by atoms with Gasteiger partial charge < -0.3 is 19.5 Å². The lowest BCUT2D eigenvalue weighted by Crippen LogP contribution is -2.24. The molecule has 0 spiro atoms. The van der Waals surface area contributed by atoms with Crippen LogP contribution in [0.25, 0.3) is 0 Å². The number of carbonyl (C=O) groups excluding carboxylic acids is 1. The van der Waals surface area contributed by atoms with Crippen molar-refractivity contribution in [2.45, 2.75) is 6.18 Å². The molecule has 0 aliphatic rings. The molecule has 0 aromatic heterocycles. The molecule has 1 N–H and O–H groups in total. The molecule has 0 saturated carbocycles. The van der Waals surface area contributed by atoms with E-state index in [0.717, 1.165) is 12.1 Å². The second-order valence-electron chi connectivity index (χ2n) is 5.47. The van der Waals surface area contributed by atoms with E-state index in [-0.39, 0.29) is 23.4 Å². The standard InChI is InChI=1S/C20H18F3NO4/c1-26-16-12-18(28-3)17(27-2)11-15(16)19(25)24-9-5-7-13-6-4-8-14(10-13)20(21,22)23/h4,6,8,10-12H,9H2,1-3H3,(H,24,25). The second-order valence-corrected chi connectivity index (χ2v) is 5.47. The molecule has 148 valence electrons. The Hall–Kier alpha value is -3.34. The number of halogens is 3. The Kier molecular flexibility index (Phi) is 6.77. The van der Waals surface area contributed by atoms with Crippen LogP contribution in [0.5, 0.6) is 17.2 Å². The predicted molar refractivity (Wildman–Crippen MR) is 96.8 cm³/mol. The Morgan fingerprint density at radius 3 is 2.25 bits per heavy atom. The number of methoxy groups -OCH3 is 3. The topological polar surface area (TPSA) is 56.8 Å². The lowest BCUT2D eigenvalue weighted by Gasteiger charge is -2.13. The SMILES string of the molecule is COc1cc(OC)c(C(=O)NCC#Cc2cccc(C(F)(F)F)c2)cc1OC. The molecule has 0 saturated heterocycles. The van der Waals surface area contributed by atoms with Crippen LogP contribution >= 0.6 is 0 Å². The minimum Gasteiger partial charge on any atom is -0.496 e. The van der Waals surface area contributed by atoms with E-state index in [1.165, 1.54) is 45.6 Å². The Labute approximate surface area is 160 Å². The lowest BCUT2D eigenvalue weighted by molar-refractivity contribution is -0.137. The maximum atomic E-state index is 12.7. The quantitative estimate of drug-likeness (QED) is 0.790. The van der Waals surface area contributed by atoms with E-state index >= 15 is 0 Å². The maximum Gasteiger partial charge on any atom is 0.416 e. The number of amides is 1. The number of ether oxygens (including phenoxy) is 3. The summed E-state index contributed by atoms with van der Waals surface area (Å²) in [6, 6.07) is 7.64. The fraction of sp³-hybridized carbons (Fsp3) is 0.250. The smallest absolute Gasteiger partial charge is 0.416 e. The van der Waals surface area contributed by atoms with Crippen LogP contribution in [0.4, 0.5) is 13.2 Å². The van der Waals surface area contributed by atoms with Gasteiger partial charge in [-0.05, 0) is 18.2 Å². The molecular formula is C20H18F3NO4. The third kappa shape index (κ3) is 5.10. The van der Waals surface area contributed by atoms with Crippen LogP contribution < -0.4 is 19.5 Å². The van der Waals surface area contributed by atoms with E-state index in [2.05, 4.69) is 17.2 Å². The largest absolute Gasteiger partial charge is 0.496 e. The van der Waals surface area contributed by atoms with Crippen molar-refractivity contribution in [2.24, 2.45) is 0 Å². The minimum atomic E-state index is -4.43. The van der Waals surface area contributed by atoms with Crippen molar-refractivity contribution >= 4 is 5.91 Å². The summed E-state index contributed by atoms with van der Waals surface area (Å²) in [6.45, 7) is -0.0629. The normalized spacial score (nSPS) is 10.5. The molecule has 2 aromatic rings. The lowest BCUT2D eigenvalue weighted by atomic mass is 10.1. The Balaban J connectivity index is 2.11. The number of alkyl halides is 3. The zero-order valence-electron chi connectivity index (χ0n) is 15.4. The molecule has 5 nitrogen and oxygen atoms in total. The highest BCUT2D eigenvalue weighted by molar-refractivity contribution is 5.98. The third-order valence-electron chi connectivity index (χ3n) is 3.71. The van der Waals surface area contributed by atoms with Crippen LogP contribution in [0, 0.1) is 11.8 Å². The fourth-order valence-corrected chi connectivity index (χ4v) is 2.35. The summed E-state index contributed by atoms with van der Waals surface area (Å²) in [5.41, 5.74) is -0.368. The summed E-state index contributed by atoms with van der Waals surface area (Å²) in [4.78, 5) is 12.4. The van der Waals surface area contributed by atoms with Crippen molar-refractivity contribution in [2.75, 3.05) is 27.9 Å². The molecule has 1 amide bonds. The number of nitrogens with one attached hydrogen (secondary N) is 1. The van der Waals surface area contributed by atoms with Crippen molar-refractivity contribution in [3.05, 3.63) is 53.1 Å². The molecule has 8 heteroatoms. The summed E-state index contributed by atoms with van der Waals surface area (Å²) in [7, 11) is 4.30. The number of hydrogen-bond donors (Lipinski definition) is 1. The van der Waals surface area contributed by atoms with Crippen molar-refractivity contribution in [1.29, 1.82) is 0 Å². The number of rotatable bonds is 5. The van der Waals surface area contributed by atoms with Crippen molar-refractivity contribution in [1.82, 2.24) is 5.32 Å². The summed E-state index contributed by atoms with van der Waals surface area (Å²) in [6.07, 6.45) is -4.43. The van der Waals surface area contributed by atoms with Crippen molar-refractivity contribution < 1.29 is 32.2 Å². The molecule has 28 heavy (non-hydrogen) atoms. The molecule has 2 aromatic carbocycles. The van der Waals surface area contributed by atoms with Crippen LogP contribution in [-0.4, -0.2) is 33.8 Å². The van der Waals surface area contributed by atoms with Gasteiger partial charge in [-0.3, -0.25) is 4.79 Å². The van der Waals surface area contributed by atoms with Crippen LogP contribution in [0.1, 0.15) is 21.5 Å². The Morgan fingerprint density at radius 2 is 1.64 bits per heavy atom. The van der Waals surface area contributed by atoms with E-state index in [1.807, 2.05) is 0 Å². The summed E-state index contributed by atoms with van der Waals surface area (Å²) in [5.74, 6) is 5.77. The first-order valence-corrected chi connectivity index (χ1v) is 8.04. The first-order chi connectivity index (χ1) is 13.3. The molecule has 0 aliphatic heterocycles. The molecule has 0 aliphatic carbocycles. The fourth-order valence-electron chi connectivity index (χ4n) is 2.35. The third-order valence-corrected chi connectivity index (χ3v) is 3.71. The van der Waals surface area contributed by atoms with Gasteiger partial charge in [-0.25, -0.2) is 0 Å². The highest BCUT2D eigenvalue weighted by Crippen LogP contribution is 2.34. The highest BCUT2D eigenvalue weighted by Gasteiger charge is 2.30. The zero-order chi connectivity index (χ0) is 20.7. The molecule has 0 fully saturated rings. The van der Waals surface area contributed by atoms with Gasteiger partial charge in [0, 0.05) is 17.7 Å². The van der Waals surface area contributed by atoms with Gasteiger partial charge in [-0.15, -0.1) is 0 Å². The molecule has 2 rings (SSSR count). The van der Waals surface area contributed by atoms with Crippen LogP contribution in [0.2, 0.25) is 0 Å². The molecule has 0 atom stereocenters. The highest BCUT2D eigenvalue weighted by atomic mass is 19.4. The zero-order valence-corrected chi connectivity index (χ0v) is 15.4. The predicted octanol–water partition coefficient (Wildman–Crippen LogP) is 3.51. The van der Waals surface area contributed by atoms with Crippen molar-refractivity contribution in [3.63, 3.8) is 0 Å². The molecule has 0 unspecified atom stereocenters. The van der Waals surface area contributed by atoms with E-state index < -0.39 is 17.6 Å². The number of hydrogen-bond acceptors (Lipinski definition) is 4. The van der Waals surface area contributed by atoms with Gasteiger partial charge in [0.05, 0.1) is 39.0 Å². The van der Waals surface area contributed by atoms with Gasteiger partial charge >= 0.3 is 6.18 Å². The molecular weight excluding hydrogens is 375 g/mol. The van der Waals surface area contributed by atoms with E-state index in [9.17, 15) is 18.0 Å². The number of benzene rings is 2. The van der Waals surface area contributed by atoms with Gasteiger partial charge in [0.25, 0.3) is 5.91 Å². The van der Waals surface area contributed by atoms with Gasteiger partial charge in [-0.1, -0.05) is 17.9 Å². The Bertz CT molecular complexity index is 914. The minimum absolute atomic E-state index is 0.0629. The average molecular weight is 393 g/mol. The van der Waals surface area contributed by atoms with Gasteiger partial charge in [0.1, 0.15) is 5.75 Å². The molecule has 0 bridgehead atoms. The van der Waals surface area contributed by atoms with Crippen LogP contribution in [0.3, 0.4) is 0 Å². The number of carbonyl (C=O) groups is 1. The summed E-state index contributed by atoms with van der Waals surface area (Å²) in [5, 5.41) is 2.57.